The molecule has 94 valence electrons. The van der Waals surface area contributed by atoms with Gasteiger partial charge in [0.1, 0.15) is 0 Å². The van der Waals surface area contributed by atoms with Gasteiger partial charge in [-0.25, -0.2) is 5.84 Å². The second-order valence-electron chi connectivity index (χ2n) is 4.05. The number of hydrogen-bond acceptors (Lipinski definition) is 4. The zero-order valence-electron chi connectivity index (χ0n) is 10.2. The maximum atomic E-state index is 11.0. The number of carbonyl (C=O) groups excluding carboxylic acids is 1. The number of hydrazine groups is 1. The molecule has 0 aliphatic rings. The number of rotatable bonds is 5. The Morgan fingerprint density at radius 1 is 1.53 bits per heavy atom. The van der Waals surface area contributed by atoms with Crippen LogP contribution in [0.25, 0.3) is 0 Å². The Morgan fingerprint density at radius 3 is 2.82 bits per heavy atom. The van der Waals surface area contributed by atoms with Gasteiger partial charge in [0, 0.05) is 22.3 Å². The van der Waals surface area contributed by atoms with E-state index in [0.29, 0.717) is 11.7 Å². The van der Waals surface area contributed by atoms with Crippen molar-refractivity contribution in [3.8, 4) is 0 Å². The van der Waals surface area contributed by atoms with Gasteiger partial charge < -0.3 is 5.73 Å². The maximum Gasteiger partial charge on any atom is 0.233 e. The molecule has 1 amide bonds. The Bertz CT molecular complexity index is 395. The van der Waals surface area contributed by atoms with Crippen LogP contribution in [0.1, 0.15) is 25.3 Å². The van der Waals surface area contributed by atoms with Gasteiger partial charge in [-0.15, -0.1) is 11.8 Å². The molecule has 17 heavy (non-hydrogen) atoms. The highest BCUT2D eigenvalue weighted by Crippen LogP contribution is 2.28. The fourth-order valence-corrected chi connectivity index (χ4v) is 2.51. The molecule has 0 saturated heterocycles. The predicted octanol–water partition coefficient (Wildman–Crippen LogP) is 1.83. The molecule has 0 radical (unpaired) electrons. The summed E-state index contributed by atoms with van der Waals surface area (Å²) in [6.45, 7) is 4.09. The summed E-state index contributed by atoms with van der Waals surface area (Å²) in [5.41, 5.74) is 9.79. The van der Waals surface area contributed by atoms with E-state index in [-0.39, 0.29) is 5.91 Å². The van der Waals surface area contributed by atoms with Crippen LogP contribution in [0, 0.1) is 6.92 Å². The van der Waals surface area contributed by atoms with Crippen LogP contribution in [0.15, 0.2) is 23.1 Å². The van der Waals surface area contributed by atoms with E-state index in [0.717, 1.165) is 17.7 Å². The minimum Gasteiger partial charge on any atom is -0.399 e. The van der Waals surface area contributed by atoms with Crippen molar-refractivity contribution >= 4 is 23.4 Å². The lowest BCUT2D eigenvalue weighted by Gasteiger charge is -2.11. The van der Waals surface area contributed by atoms with Crippen LogP contribution in [0.2, 0.25) is 0 Å². The Kier molecular flexibility index (Phi) is 5.31. The van der Waals surface area contributed by atoms with Gasteiger partial charge in [0.05, 0.1) is 0 Å². The first-order valence-corrected chi connectivity index (χ1v) is 6.43. The normalized spacial score (nSPS) is 12.2. The molecule has 1 rings (SSSR count). The zero-order chi connectivity index (χ0) is 12.8. The molecule has 1 atom stereocenters. The van der Waals surface area contributed by atoms with E-state index in [1.807, 2.05) is 19.1 Å². The SMILES string of the molecule is Cc1cc(SC(C)CCC(=O)NN)ccc1N. The summed E-state index contributed by atoms with van der Waals surface area (Å²) in [6, 6.07) is 5.99. The van der Waals surface area contributed by atoms with Crippen LogP contribution in [0.3, 0.4) is 0 Å². The van der Waals surface area contributed by atoms with Crippen molar-refractivity contribution in [1.82, 2.24) is 5.43 Å². The van der Waals surface area contributed by atoms with Crippen LogP contribution in [0.5, 0.6) is 0 Å². The minimum absolute atomic E-state index is 0.120. The van der Waals surface area contributed by atoms with Crippen LogP contribution in [-0.4, -0.2) is 11.2 Å². The molecule has 1 aromatic rings. The van der Waals surface area contributed by atoms with Gasteiger partial charge >= 0.3 is 0 Å². The highest BCUT2D eigenvalue weighted by Gasteiger charge is 2.08. The number of amides is 1. The monoisotopic (exact) mass is 253 g/mol. The Hall–Kier alpha value is -1.20. The van der Waals surface area contributed by atoms with Crippen LogP contribution in [0.4, 0.5) is 5.69 Å². The molecule has 0 saturated carbocycles. The van der Waals surface area contributed by atoms with Crippen LogP contribution >= 0.6 is 11.8 Å². The lowest BCUT2D eigenvalue weighted by atomic mass is 10.2. The Labute approximate surface area is 106 Å². The average molecular weight is 253 g/mol. The van der Waals surface area contributed by atoms with Crippen molar-refractivity contribution in [2.24, 2.45) is 5.84 Å². The molecule has 1 unspecified atom stereocenters. The number of aryl methyl sites for hydroxylation is 1. The molecule has 0 fully saturated rings. The molecule has 0 aliphatic carbocycles. The molecular formula is C12H19N3OS. The lowest BCUT2D eigenvalue weighted by molar-refractivity contribution is -0.121. The van der Waals surface area contributed by atoms with E-state index >= 15 is 0 Å². The van der Waals surface area contributed by atoms with Gasteiger partial charge in [0.2, 0.25) is 5.91 Å². The van der Waals surface area contributed by atoms with E-state index in [4.69, 9.17) is 11.6 Å². The third kappa shape index (κ3) is 4.66. The standard InChI is InChI=1S/C12H19N3OS/c1-8-7-10(4-5-11(8)13)17-9(2)3-6-12(16)15-14/h4-5,7,9H,3,6,13-14H2,1-2H3,(H,15,16). The molecule has 4 nitrogen and oxygen atoms in total. The maximum absolute atomic E-state index is 11.0. The molecule has 0 spiro atoms. The summed E-state index contributed by atoms with van der Waals surface area (Å²) >= 11 is 1.74. The molecule has 1 aromatic carbocycles. The van der Waals surface area contributed by atoms with Gasteiger partial charge in [-0.2, -0.15) is 0 Å². The number of benzene rings is 1. The molecule has 0 bridgehead atoms. The molecule has 0 aromatic heterocycles. The molecular weight excluding hydrogens is 234 g/mol. The number of thioether (sulfide) groups is 1. The second-order valence-corrected chi connectivity index (χ2v) is 5.56. The Morgan fingerprint density at radius 2 is 2.24 bits per heavy atom. The number of carbonyl (C=O) groups is 1. The molecule has 5 heteroatoms. The predicted molar refractivity (Wildman–Crippen MR) is 72.5 cm³/mol. The second kappa shape index (κ2) is 6.51. The fraction of sp³-hybridized carbons (Fsp3) is 0.417. The molecule has 5 N–H and O–H groups in total. The first kappa shape index (κ1) is 13.9. The van der Waals surface area contributed by atoms with Crippen molar-refractivity contribution in [2.45, 2.75) is 36.8 Å². The number of nitrogens with two attached hydrogens (primary N) is 2. The highest BCUT2D eigenvalue weighted by molar-refractivity contribution is 7.99. The summed E-state index contributed by atoms with van der Waals surface area (Å²) < 4.78 is 0. The fourth-order valence-electron chi connectivity index (χ4n) is 1.42. The lowest BCUT2D eigenvalue weighted by Crippen LogP contribution is -2.30. The first-order chi connectivity index (χ1) is 8.02. The van der Waals surface area contributed by atoms with Crippen molar-refractivity contribution in [1.29, 1.82) is 0 Å². The minimum atomic E-state index is -0.120. The number of hydrogen-bond donors (Lipinski definition) is 3. The summed E-state index contributed by atoms with van der Waals surface area (Å²) in [7, 11) is 0. The van der Waals surface area contributed by atoms with Gasteiger partial charge in [0.25, 0.3) is 0 Å². The van der Waals surface area contributed by atoms with E-state index in [1.165, 1.54) is 4.90 Å². The summed E-state index contributed by atoms with van der Waals surface area (Å²) in [5, 5.41) is 0.371. The quantitative estimate of drug-likeness (QED) is 0.246. The van der Waals surface area contributed by atoms with Crippen molar-refractivity contribution in [3.05, 3.63) is 23.8 Å². The summed E-state index contributed by atoms with van der Waals surface area (Å²) in [5.74, 6) is 4.91. The molecule has 0 heterocycles. The zero-order valence-corrected chi connectivity index (χ0v) is 11.0. The topological polar surface area (TPSA) is 81.1 Å². The van der Waals surface area contributed by atoms with E-state index in [2.05, 4.69) is 18.4 Å². The number of anilines is 1. The smallest absolute Gasteiger partial charge is 0.233 e. The van der Waals surface area contributed by atoms with Crippen LogP contribution < -0.4 is 17.0 Å². The first-order valence-electron chi connectivity index (χ1n) is 5.55. The van der Waals surface area contributed by atoms with Crippen molar-refractivity contribution in [3.63, 3.8) is 0 Å². The van der Waals surface area contributed by atoms with Crippen molar-refractivity contribution in [2.75, 3.05) is 5.73 Å². The third-order valence-electron chi connectivity index (χ3n) is 2.52. The largest absolute Gasteiger partial charge is 0.399 e. The summed E-state index contributed by atoms with van der Waals surface area (Å²) in [4.78, 5) is 12.2. The van der Waals surface area contributed by atoms with Crippen LogP contribution in [-0.2, 0) is 4.79 Å². The van der Waals surface area contributed by atoms with E-state index in [1.54, 1.807) is 11.8 Å². The van der Waals surface area contributed by atoms with Gasteiger partial charge in [0.15, 0.2) is 0 Å². The molecule has 0 aliphatic heterocycles. The summed E-state index contributed by atoms with van der Waals surface area (Å²) in [6.07, 6.45) is 1.26. The van der Waals surface area contributed by atoms with Crippen molar-refractivity contribution < 1.29 is 4.79 Å². The van der Waals surface area contributed by atoms with Gasteiger partial charge in [-0.1, -0.05) is 6.92 Å². The van der Waals surface area contributed by atoms with Gasteiger partial charge in [-0.3, -0.25) is 10.2 Å². The number of nitrogens with one attached hydrogen (secondary N) is 1. The van der Waals surface area contributed by atoms with E-state index < -0.39 is 0 Å². The Balaban J connectivity index is 2.47. The average Bonchev–Trinajstić information content (AvgIpc) is 2.31. The number of nitrogen functional groups attached to an aromatic ring is 1. The van der Waals surface area contributed by atoms with E-state index in [9.17, 15) is 4.79 Å². The highest BCUT2D eigenvalue weighted by atomic mass is 32.2. The third-order valence-corrected chi connectivity index (χ3v) is 3.68. The van der Waals surface area contributed by atoms with Gasteiger partial charge in [-0.05, 0) is 37.1 Å².